The van der Waals surface area contributed by atoms with Crippen LogP contribution in [-0.2, 0) is 6.42 Å². The second-order valence-electron chi connectivity index (χ2n) is 5.12. The van der Waals surface area contributed by atoms with Gasteiger partial charge in [0.15, 0.2) is 5.78 Å². The highest BCUT2D eigenvalue weighted by atomic mass is 35.5. The van der Waals surface area contributed by atoms with Gasteiger partial charge in [-0.25, -0.2) is 0 Å². The maximum atomic E-state index is 12.4. The molecule has 3 rings (SSSR count). The summed E-state index contributed by atoms with van der Waals surface area (Å²) >= 11 is 6.10. The van der Waals surface area contributed by atoms with E-state index in [0.29, 0.717) is 16.5 Å². The molecule has 3 aromatic rings. The highest BCUT2D eigenvalue weighted by Gasteiger charge is 2.19. The van der Waals surface area contributed by atoms with Gasteiger partial charge in [-0.15, -0.1) is 0 Å². The number of rotatable bonds is 5. The molecule has 0 aliphatic heterocycles. The molecule has 2 aromatic carbocycles. The molecule has 0 bridgehead atoms. The van der Waals surface area contributed by atoms with Gasteiger partial charge in [-0.2, -0.15) is 9.78 Å². The minimum atomic E-state index is -0.282. The van der Waals surface area contributed by atoms with Crippen molar-refractivity contribution in [1.29, 1.82) is 0 Å². The highest BCUT2D eigenvalue weighted by molar-refractivity contribution is 6.32. The Morgan fingerprint density at radius 3 is 2.62 bits per heavy atom. The Hall–Kier alpha value is -2.79. The summed E-state index contributed by atoms with van der Waals surface area (Å²) in [7, 11) is 1.58. The van der Waals surface area contributed by atoms with Gasteiger partial charge in [0.05, 0.1) is 17.8 Å². The number of hydrogen-bond acceptors (Lipinski definition) is 4. The summed E-state index contributed by atoms with van der Waals surface area (Å²) in [6.45, 7) is 0. The van der Waals surface area contributed by atoms with Gasteiger partial charge in [-0.1, -0.05) is 35.9 Å². The molecule has 0 saturated heterocycles. The molecule has 6 heteroatoms. The van der Waals surface area contributed by atoms with Crippen LogP contribution in [0.15, 0.2) is 48.5 Å². The van der Waals surface area contributed by atoms with E-state index >= 15 is 0 Å². The summed E-state index contributed by atoms with van der Waals surface area (Å²) in [6, 6.07) is 14.1. The molecule has 1 heterocycles. The molecule has 0 saturated carbocycles. The van der Waals surface area contributed by atoms with Gasteiger partial charge in [0.1, 0.15) is 17.5 Å². The molecule has 121 valence electrons. The number of nitrogens with zero attached hydrogens (tertiary/aromatic N) is 2. The van der Waals surface area contributed by atoms with Gasteiger partial charge < -0.3 is 9.84 Å². The van der Waals surface area contributed by atoms with Crippen molar-refractivity contribution in [3.8, 4) is 17.3 Å². The predicted octanol–water partition coefficient (Wildman–Crippen LogP) is 3.47. The number of aromatic hydroxyl groups is 1. The van der Waals surface area contributed by atoms with Crippen molar-refractivity contribution in [2.24, 2.45) is 0 Å². The van der Waals surface area contributed by atoms with E-state index < -0.39 is 0 Å². The minimum Gasteiger partial charge on any atom is -0.497 e. The standard InChI is InChI=1S/C18H14ClN2O3/c1-24-13-8-6-12(7-9-13)10-17(22)14-11-20-21(18(14)23)16-5-3-2-4-15(16)19/h2-9,23H,10H2,1H3. The van der Waals surface area contributed by atoms with Gasteiger partial charge in [0.25, 0.3) is 0 Å². The van der Waals surface area contributed by atoms with Crippen molar-refractivity contribution >= 4 is 17.4 Å². The second-order valence-corrected chi connectivity index (χ2v) is 5.53. The number of carbonyl (C=O) groups is 1. The molecular weight excluding hydrogens is 328 g/mol. The maximum Gasteiger partial charge on any atom is 0.226 e. The van der Waals surface area contributed by atoms with Gasteiger partial charge in [-0.3, -0.25) is 4.79 Å². The lowest BCUT2D eigenvalue weighted by molar-refractivity contribution is 0.0990. The number of hydrogen-bond donors (Lipinski definition) is 1. The van der Waals surface area contributed by atoms with Gasteiger partial charge in [0, 0.05) is 6.42 Å². The lowest BCUT2D eigenvalue weighted by atomic mass is 10.1. The zero-order valence-electron chi connectivity index (χ0n) is 12.9. The zero-order chi connectivity index (χ0) is 17.1. The number of ether oxygens (including phenoxy) is 1. The number of methoxy groups -OCH3 is 1. The Labute approximate surface area is 144 Å². The molecule has 0 aliphatic carbocycles. The molecule has 24 heavy (non-hydrogen) atoms. The van der Waals surface area contributed by atoms with Crippen molar-refractivity contribution in [3.63, 3.8) is 0 Å². The van der Waals surface area contributed by atoms with Gasteiger partial charge >= 0.3 is 0 Å². The summed E-state index contributed by atoms with van der Waals surface area (Å²) in [4.78, 5) is 12.4. The van der Waals surface area contributed by atoms with Crippen LogP contribution in [0.5, 0.6) is 11.6 Å². The first-order chi connectivity index (χ1) is 11.6. The molecule has 0 spiro atoms. The number of Topliss-reactive ketones (excluding diaryl/α,β-unsaturated/α-hetero) is 1. The predicted molar refractivity (Wildman–Crippen MR) is 90.1 cm³/mol. The van der Waals surface area contributed by atoms with Crippen molar-refractivity contribution in [2.45, 2.75) is 6.42 Å². The maximum absolute atomic E-state index is 12.4. The molecule has 0 amide bonds. The first-order valence-electron chi connectivity index (χ1n) is 7.21. The number of aromatic nitrogens is 2. The summed E-state index contributed by atoms with van der Waals surface area (Å²) in [5.74, 6) is 0.157. The van der Waals surface area contributed by atoms with Gasteiger partial charge in [0.2, 0.25) is 5.88 Å². The van der Waals surface area contributed by atoms with Gasteiger partial charge in [-0.05, 0) is 29.8 Å². The summed E-state index contributed by atoms with van der Waals surface area (Å²) < 4.78 is 6.28. The number of carbonyl (C=O) groups excluding carboxylic acids is 1. The SMILES string of the molecule is COc1ccc(CC(=O)c2[c]nn(-c3ccccc3Cl)c2O)cc1. The minimum absolute atomic E-state index is 0.0331. The van der Waals surface area contributed by atoms with Crippen LogP contribution in [0.25, 0.3) is 5.69 Å². The third-order valence-corrected chi connectivity index (χ3v) is 3.89. The molecule has 1 radical (unpaired) electrons. The van der Waals surface area contributed by atoms with E-state index in [-0.39, 0.29) is 23.6 Å². The van der Waals surface area contributed by atoms with Crippen LogP contribution in [0.4, 0.5) is 0 Å². The topological polar surface area (TPSA) is 64.3 Å². The molecule has 0 aliphatic rings. The molecule has 1 aromatic heterocycles. The van der Waals surface area contributed by atoms with Crippen LogP contribution in [0.1, 0.15) is 15.9 Å². The van der Waals surface area contributed by atoms with E-state index in [1.54, 1.807) is 55.6 Å². The van der Waals surface area contributed by atoms with Crippen LogP contribution in [-0.4, -0.2) is 27.8 Å². The van der Waals surface area contributed by atoms with Crippen LogP contribution < -0.4 is 4.74 Å². The average Bonchev–Trinajstić information content (AvgIpc) is 2.97. The van der Waals surface area contributed by atoms with Crippen LogP contribution in [0.3, 0.4) is 0 Å². The number of benzene rings is 2. The van der Waals surface area contributed by atoms with Crippen molar-refractivity contribution in [2.75, 3.05) is 7.11 Å². The normalized spacial score (nSPS) is 10.6. The van der Waals surface area contributed by atoms with E-state index in [0.717, 1.165) is 5.56 Å². The summed E-state index contributed by atoms with van der Waals surface area (Å²) in [5.41, 5.74) is 1.32. The van der Waals surface area contributed by atoms with Crippen LogP contribution in [0, 0.1) is 6.20 Å². The van der Waals surface area contributed by atoms with E-state index in [4.69, 9.17) is 16.3 Å². The van der Waals surface area contributed by atoms with E-state index in [1.165, 1.54) is 4.68 Å². The Kier molecular flexibility index (Phi) is 4.53. The Balaban J connectivity index is 1.85. The molecule has 0 fully saturated rings. The smallest absolute Gasteiger partial charge is 0.226 e. The van der Waals surface area contributed by atoms with Crippen LogP contribution in [0.2, 0.25) is 5.02 Å². The number of halogens is 1. The van der Waals surface area contributed by atoms with E-state index in [9.17, 15) is 9.90 Å². The van der Waals surface area contributed by atoms with Crippen molar-refractivity contribution < 1.29 is 14.6 Å². The summed E-state index contributed by atoms with van der Waals surface area (Å²) in [6.07, 6.45) is 2.70. The van der Waals surface area contributed by atoms with Crippen molar-refractivity contribution in [3.05, 3.63) is 70.9 Å². The molecule has 1 N–H and O–H groups in total. The second kappa shape index (κ2) is 6.76. The largest absolute Gasteiger partial charge is 0.497 e. The Morgan fingerprint density at radius 2 is 1.96 bits per heavy atom. The third kappa shape index (κ3) is 3.12. The zero-order valence-corrected chi connectivity index (χ0v) is 13.6. The van der Waals surface area contributed by atoms with Crippen molar-refractivity contribution in [1.82, 2.24) is 9.78 Å². The molecule has 0 unspecified atom stereocenters. The fourth-order valence-corrected chi connectivity index (χ4v) is 2.51. The van der Waals surface area contributed by atoms with Crippen LogP contribution >= 0.6 is 11.6 Å². The first-order valence-corrected chi connectivity index (χ1v) is 7.58. The number of para-hydroxylation sites is 1. The quantitative estimate of drug-likeness (QED) is 0.722. The number of ketones is 1. The molecule has 5 nitrogen and oxygen atoms in total. The molecule has 0 atom stereocenters. The fourth-order valence-electron chi connectivity index (χ4n) is 2.30. The fraction of sp³-hybridized carbons (Fsp3) is 0.111. The monoisotopic (exact) mass is 341 g/mol. The lowest BCUT2D eigenvalue weighted by Gasteiger charge is -2.06. The third-order valence-electron chi connectivity index (χ3n) is 3.57. The lowest BCUT2D eigenvalue weighted by Crippen LogP contribution is -2.03. The Morgan fingerprint density at radius 1 is 1.25 bits per heavy atom. The average molecular weight is 342 g/mol. The highest BCUT2D eigenvalue weighted by Crippen LogP contribution is 2.26. The van der Waals surface area contributed by atoms with E-state index in [1.807, 2.05) is 0 Å². The first kappa shape index (κ1) is 16.1. The molecular formula is C18H14ClN2O3. The van der Waals surface area contributed by atoms with E-state index in [2.05, 4.69) is 11.3 Å². The summed E-state index contributed by atoms with van der Waals surface area (Å²) in [5, 5.41) is 14.7. The Bertz CT molecular complexity index is 872.